The summed E-state index contributed by atoms with van der Waals surface area (Å²) in [7, 11) is 0. The number of hydrogen-bond acceptors (Lipinski definition) is 8. The topological polar surface area (TPSA) is 122 Å². The molecule has 0 radical (unpaired) electrons. The molecule has 2 fully saturated rings. The van der Waals surface area contributed by atoms with E-state index < -0.39 is 22.7 Å². The molecule has 0 unspecified atom stereocenters. The minimum Gasteiger partial charge on any atom is -0.507 e. The van der Waals surface area contributed by atoms with Gasteiger partial charge in [0.05, 0.1) is 35.9 Å². The molecular formula is C26H29N3O7. The van der Waals surface area contributed by atoms with Crippen LogP contribution in [-0.4, -0.2) is 77.0 Å². The number of nitrogens with zero attached hydrogens (tertiary/aromatic N) is 3. The van der Waals surface area contributed by atoms with Gasteiger partial charge in [0.1, 0.15) is 11.5 Å². The van der Waals surface area contributed by atoms with Crippen molar-refractivity contribution in [1.82, 2.24) is 9.80 Å². The number of carbonyl (C=O) groups is 2. The molecule has 0 spiro atoms. The molecule has 10 nitrogen and oxygen atoms in total. The van der Waals surface area contributed by atoms with Gasteiger partial charge in [-0.25, -0.2) is 0 Å². The summed E-state index contributed by atoms with van der Waals surface area (Å²) in [5, 5.41) is 22.6. The Bertz CT molecular complexity index is 1170. The van der Waals surface area contributed by atoms with Crippen LogP contribution in [0.25, 0.3) is 5.76 Å². The second kappa shape index (κ2) is 10.9. The van der Waals surface area contributed by atoms with E-state index >= 15 is 0 Å². The van der Waals surface area contributed by atoms with Crippen molar-refractivity contribution in [2.45, 2.75) is 26.0 Å². The number of benzene rings is 2. The Morgan fingerprint density at radius 1 is 1.14 bits per heavy atom. The first-order valence-electron chi connectivity index (χ1n) is 11.9. The quantitative estimate of drug-likeness (QED) is 0.195. The molecule has 10 heteroatoms. The van der Waals surface area contributed by atoms with Gasteiger partial charge in [0.2, 0.25) is 0 Å². The monoisotopic (exact) mass is 495 g/mol. The number of Topliss-reactive ketones (excluding diaryl/α,β-unsaturated/α-hetero) is 1. The van der Waals surface area contributed by atoms with Gasteiger partial charge in [-0.15, -0.1) is 0 Å². The van der Waals surface area contributed by atoms with Crippen molar-refractivity contribution in [3.63, 3.8) is 0 Å². The van der Waals surface area contributed by atoms with E-state index in [4.69, 9.17) is 9.47 Å². The number of aliphatic hydroxyl groups is 1. The first-order valence-corrected chi connectivity index (χ1v) is 11.9. The molecule has 1 N–H and O–H groups in total. The molecule has 2 heterocycles. The van der Waals surface area contributed by atoms with E-state index in [1.807, 2.05) is 13.8 Å². The highest BCUT2D eigenvalue weighted by Crippen LogP contribution is 2.40. The van der Waals surface area contributed by atoms with Crippen molar-refractivity contribution in [1.29, 1.82) is 0 Å². The summed E-state index contributed by atoms with van der Waals surface area (Å²) >= 11 is 0. The number of hydrogen-bond donors (Lipinski definition) is 1. The SMILES string of the molecule is CC(C)Oc1ccc(/C(O)=C2\C(=O)C(=O)N(CCN3CCOCC3)[C@H]2c2cccc([N+](=O)[O-])c2)cc1. The number of amides is 1. The predicted octanol–water partition coefficient (Wildman–Crippen LogP) is 3.14. The molecular weight excluding hydrogens is 466 g/mol. The largest absolute Gasteiger partial charge is 0.507 e. The molecule has 2 saturated heterocycles. The van der Waals surface area contributed by atoms with Gasteiger partial charge in [-0.2, -0.15) is 0 Å². The molecule has 1 atom stereocenters. The van der Waals surface area contributed by atoms with Crippen LogP contribution in [-0.2, 0) is 14.3 Å². The normalized spacial score (nSPS) is 20.2. The molecule has 2 aromatic rings. The van der Waals surface area contributed by atoms with Crippen LogP contribution in [0.1, 0.15) is 31.0 Å². The highest BCUT2D eigenvalue weighted by atomic mass is 16.6. The average molecular weight is 496 g/mol. The number of non-ortho nitro benzene ring substituents is 1. The zero-order chi connectivity index (χ0) is 25.8. The highest BCUT2D eigenvalue weighted by molar-refractivity contribution is 6.46. The number of rotatable bonds is 8. The number of ketones is 1. The van der Waals surface area contributed by atoms with E-state index in [1.54, 1.807) is 30.3 Å². The maximum atomic E-state index is 13.2. The first kappa shape index (κ1) is 25.3. The van der Waals surface area contributed by atoms with Gasteiger partial charge in [0.25, 0.3) is 17.4 Å². The second-order valence-corrected chi connectivity index (χ2v) is 8.99. The number of aliphatic hydroxyl groups excluding tert-OH is 1. The summed E-state index contributed by atoms with van der Waals surface area (Å²) in [4.78, 5) is 40.7. The van der Waals surface area contributed by atoms with E-state index in [2.05, 4.69) is 4.90 Å². The maximum Gasteiger partial charge on any atom is 0.295 e. The van der Waals surface area contributed by atoms with Crippen molar-refractivity contribution in [3.8, 4) is 5.75 Å². The van der Waals surface area contributed by atoms with Gasteiger partial charge < -0.3 is 19.5 Å². The Hall–Kier alpha value is -3.76. The zero-order valence-corrected chi connectivity index (χ0v) is 20.3. The number of ether oxygens (including phenoxy) is 2. The molecule has 190 valence electrons. The van der Waals surface area contributed by atoms with Gasteiger partial charge in [0.15, 0.2) is 0 Å². The number of nitro groups is 1. The lowest BCUT2D eigenvalue weighted by Crippen LogP contribution is -2.42. The minimum absolute atomic E-state index is 0.0323. The Labute approximate surface area is 208 Å². The van der Waals surface area contributed by atoms with Crippen molar-refractivity contribution < 1.29 is 29.1 Å². The van der Waals surface area contributed by atoms with Crippen molar-refractivity contribution >= 4 is 23.1 Å². The minimum atomic E-state index is -0.961. The molecule has 36 heavy (non-hydrogen) atoms. The van der Waals surface area contributed by atoms with Crippen LogP contribution in [0, 0.1) is 10.1 Å². The Morgan fingerprint density at radius 3 is 2.47 bits per heavy atom. The van der Waals surface area contributed by atoms with Crippen LogP contribution in [0.5, 0.6) is 5.75 Å². The molecule has 0 aliphatic carbocycles. The van der Waals surface area contributed by atoms with E-state index in [0.717, 1.165) is 0 Å². The lowest BCUT2D eigenvalue weighted by molar-refractivity contribution is -0.384. The third-order valence-electron chi connectivity index (χ3n) is 6.20. The number of carbonyl (C=O) groups excluding carboxylic acids is 2. The first-order chi connectivity index (χ1) is 17.3. The van der Waals surface area contributed by atoms with E-state index in [-0.39, 0.29) is 29.7 Å². The van der Waals surface area contributed by atoms with Crippen molar-refractivity contribution in [2.75, 3.05) is 39.4 Å². The molecule has 0 bridgehead atoms. The third-order valence-corrected chi connectivity index (χ3v) is 6.20. The summed E-state index contributed by atoms with van der Waals surface area (Å²) in [6.45, 7) is 7.09. The molecule has 4 rings (SSSR count). The summed E-state index contributed by atoms with van der Waals surface area (Å²) in [6, 6.07) is 11.4. The molecule has 1 amide bonds. The number of nitro benzene ring substituents is 1. The van der Waals surface area contributed by atoms with Crippen LogP contribution in [0.2, 0.25) is 0 Å². The van der Waals surface area contributed by atoms with Crippen LogP contribution in [0.3, 0.4) is 0 Å². The van der Waals surface area contributed by atoms with Gasteiger partial charge in [-0.1, -0.05) is 12.1 Å². The number of likely N-dealkylation sites (tertiary alicyclic amines) is 1. The second-order valence-electron chi connectivity index (χ2n) is 8.99. The van der Waals surface area contributed by atoms with Gasteiger partial charge in [-0.05, 0) is 43.7 Å². The van der Waals surface area contributed by atoms with Gasteiger partial charge in [0, 0.05) is 43.9 Å². The van der Waals surface area contributed by atoms with Crippen LogP contribution >= 0.6 is 0 Å². The van der Waals surface area contributed by atoms with Crippen LogP contribution < -0.4 is 4.74 Å². The lowest BCUT2D eigenvalue weighted by atomic mass is 9.95. The average Bonchev–Trinajstić information content (AvgIpc) is 3.12. The van der Waals surface area contributed by atoms with Gasteiger partial charge in [-0.3, -0.25) is 24.6 Å². The lowest BCUT2D eigenvalue weighted by Gasteiger charge is -2.31. The fourth-order valence-corrected chi connectivity index (χ4v) is 4.46. The Balaban J connectivity index is 1.73. The number of morpholine rings is 1. The van der Waals surface area contributed by atoms with Crippen LogP contribution in [0.15, 0.2) is 54.1 Å². The van der Waals surface area contributed by atoms with Crippen LogP contribution in [0.4, 0.5) is 5.69 Å². The fraction of sp³-hybridized carbons (Fsp3) is 0.385. The van der Waals surface area contributed by atoms with Gasteiger partial charge >= 0.3 is 0 Å². The summed E-state index contributed by atoms with van der Waals surface area (Å²) in [5.74, 6) is -1.31. The molecule has 2 aliphatic rings. The van der Waals surface area contributed by atoms with Crippen molar-refractivity contribution in [3.05, 3.63) is 75.3 Å². The summed E-state index contributed by atoms with van der Waals surface area (Å²) in [5.41, 5.74) is 0.459. The van der Waals surface area contributed by atoms with E-state index in [9.17, 15) is 24.8 Å². The fourth-order valence-electron chi connectivity index (χ4n) is 4.46. The smallest absolute Gasteiger partial charge is 0.295 e. The van der Waals surface area contributed by atoms with E-state index in [0.29, 0.717) is 49.7 Å². The summed E-state index contributed by atoms with van der Waals surface area (Å²) in [6.07, 6.45) is -0.0323. The van der Waals surface area contributed by atoms with Crippen molar-refractivity contribution in [2.24, 2.45) is 0 Å². The zero-order valence-electron chi connectivity index (χ0n) is 20.3. The maximum absolute atomic E-state index is 13.2. The molecule has 0 saturated carbocycles. The van der Waals surface area contributed by atoms with E-state index in [1.165, 1.54) is 23.1 Å². The highest BCUT2D eigenvalue weighted by Gasteiger charge is 2.46. The Morgan fingerprint density at radius 2 is 1.83 bits per heavy atom. The molecule has 2 aliphatic heterocycles. The summed E-state index contributed by atoms with van der Waals surface area (Å²) < 4.78 is 11.0. The standard InChI is InChI=1S/C26H29N3O7/c1-17(2)36-21-8-6-18(7-9-21)24(30)22-23(19-4-3-5-20(16-19)29(33)34)28(26(32)25(22)31)11-10-27-12-14-35-15-13-27/h3-9,16-17,23,30H,10-15H2,1-2H3/b24-22+/t23-/m0/s1. The third kappa shape index (κ3) is 5.39. The predicted molar refractivity (Wildman–Crippen MR) is 132 cm³/mol. The molecule has 2 aromatic carbocycles. The Kier molecular flexibility index (Phi) is 7.66. The molecule has 0 aromatic heterocycles.